The summed E-state index contributed by atoms with van der Waals surface area (Å²) in [4.78, 5) is 10.7. The maximum Gasteiger partial charge on any atom is 0.335 e. The number of ether oxygens (including phenoxy) is 1. The van der Waals surface area contributed by atoms with Crippen LogP contribution in [0, 0.1) is 0 Å². The van der Waals surface area contributed by atoms with Gasteiger partial charge in [0.15, 0.2) is 15.6 Å². The van der Waals surface area contributed by atoms with E-state index in [9.17, 15) is 13.2 Å². The van der Waals surface area contributed by atoms with Gasteiger partial charge in [-0.25, -0.2) is 13.2 Å². The molecule has 2 rings (SSSR count). The predicted octanol–water partition coefficient (Wildman–Crippen LogP) is 3.23. The highest BCUT2D eigenvalue weighted by atomic mass is 35.5. The molecule has 0 aromatic heterocycles. The van der Waals surface area contributed by atoms with Crippen molar-refractivity contribution >= 4 is 27.4 Å². The molecule has 0 unspecified atom stereocenters. The summed E-state index contributed by atoms with van der Waals surface area (Å²) in [5.74, 6) is -0.962. The number of carboxylic acids is 1. The second-order valence-corrected chi connectivity index (χ2v) is 6.67. The van der Waals surface area contributed by atoms with Gasteiger partial charge in [-0.15, -0.1) is 0 Å². The summed E-state index contributed by atoms with van der Waals surface area (Å²) < 4.78 is 29.2. The molecule has 5 nitrogen and oxygen atoms in total. The predicted molar refractivity (Wildman–Crippen MR) is 78.0 cm³/mol. The summed E-state index contributed by atoms with van der Waals surface area (Å²) in [6, 6.07) is 10.7. The van der Waals surface area contributed by atoms with Crippen molar-refractivity contribution in [2.24, 2.45) is 0 Å². The van der Waals surface area contributed by atoms with Gasteiger partial charge in [0.1, 0.15) is 10.6 Å². The second kappa shape index (κ2) is 5.75. The zero-order valence-electron chi connectivity index (χ0n) is 10.9. The van der Waals surface area contributed by atoms with E-state index in [2.05, 4.69) is 0 Å². The van der Waals surface area contributed by atoms with Gasteiger partial charge >= 0.3 is 5.97 Å². The summed E-state index contributed by atoms with van der Waals surface area (Å²) in [5, 5.41) is 8.90. The van der Waals surface area contributed by atoms with Crippen molar-refractivity contribution in [2.45, 2.75) is 4.90 Å². The molecule has 0 bridgehead atoms. The molecule has 0 spiro atoms. The lowest BCUT2D eigenvalue weighted by Crippen LogP contribution is -2.05. The van der Waals surface area contributed by atoms with Gasteiger partial charge in [-0.1, -0.05) is 29.8 Å². The molecule has 0 fully saturated rings. The highest BCUT2D eigenvalue weighted by molar-refractivity contribution is 7.90. The Morgan fingerprint density at radius 3 is 2.33 bits per heavy atom. The van der Waals surface area contributed by atoms with Crippen molar-refractivity contribution in [3.8, 4) is 11.5 Å². The van der Waals surface area contributed by atoms with Crippen molar-refractivity contribution < 1.29 is 23.1 Å². The Hall–Kier alpha value is -2.05. The van der Waals surface area contributed by atoms with Crippen LogP contribution in [0.1, 0.15) is 10.4 Å². The van der Waals surface area contributed by atoms with Crippen LogP contribution < -0.4 is 4.74 Å². The van der Waals surface area contributed by atoms with E-state index >= 15 is 0 Å². The van der Waals surface area contributed by atoms with Gasteiger partial charge in [-0.2, -0.15) is 0 Å². The van der Waals surface area contributed by atoms with E-state index in [0.29, 0.717) is 5.75 Å². The molecule has 0 aliphatic carbocycles. The van der Waals surface area contributed by atoms with Crippen LogP contribution in [0.25, 0.3) is 0 Å². The average Bonchev–Trinajstić information content (AvgIpc) is 2.40. The molecule has 1 N–H and O–H groups in total. The molecule has 2 aromatic carbocycles. The molecule has 7 heteroatoms. The second-order valence-electron chi connectivity index (χ2n) is 4.28. The fourth-order valence-electron chi connectivity index (χ4n) is 1.67. The minimum Gasteiger partial charge on any atom is -0.478 e. The molecule has 2 aromatic rings. The van der Waals surface area contributed by atoms with Crippen molar-refractivity contribution in [3.63, 3.8) is 0 Å². The van der Waals surface area contributed by atoms with E-state index in [0.717, 1.165) is 18.4 Å². The van der Waals surface area contributed by atoms with Crippen LogP contribution in [-0.2, 0) is 9.84 Å². The molecule has 0 aliphatic heterocycles. The number of aromatic carboxylic acids is 1. The molecule has 0 radical (unpaired) electrons. The van der Waals surface area contributed by atoms with Gasteiger partial charge in [0.25, 0.3) is 0 Å². The number of carboxylic acid groups (broad SMARTS) is 1. The molecule has 0 heterocycles. The number of hydrogen-bond donors (Lipinski definition) is 1. The lowest BCUT2D eigenvalue weighted by Gasteiger charge is -2.12. The van der Waals surface area contributed by atoms with E-state index in [1.165, 1.54) is 0 Å². The quantitative estimate of drug-likeness (QED) is 0.932. The number of rotatable bonds is 4. The van der Waals surface area contributed by atoms with E-state index in [1.54, 1.807) is 30.3 Å². The van der Waals surface area contributed by atoms with Gasteiger partial charge in [-0.05, 0) is 24.3 Å². The first-order chi connectivity index (χ1) is 9.79. The minimum absolute atomic E-state index is 0.0841. The van der Waals surface area contributed by atoms with Gasteiger partial charge < -0.3 is 9.84 Å². The molecule has 0 aliphatic rings. The minimum atomic E-state index is -3.70. The Morgan fingerprint density at radius 1 is 1.19 bits per heavy atom. The Bertz CT molecular complexity index is 785. The van der Waals surface area contributed by atoms with Gasteiger partial charge in [0.05, 0.1) is 10.6 Å². The van der Waals surface area contributed by atoms with Crippen LogP contribution in [0.2, 0.25) is 5.02 Å². The summed E-state index contributed by atoms with van der Waals surface area (Å²) in [6.07, 6.45) is 0.960. The molecule has 21 heavy (non-hydrogen) atoms. The lowest BCUT2D eigenvalue weighted by molar-refractivity contribution is 0.0696. The Balaban J connectivity index is 2.62. The molecular formula is C14H11ClO5S. The molecular weight excluding hydrogens is 316 g/mol. The van der Waals surface area contributed by atoms with Crippen LogP contribution in [-0.4, -0.2) is 25.7 Å². The first-order valence-electron chi connectivity index (χ1n) is 5.79. The first-order valence-corrected chi connectivity index (χ1v) is 8.06. The van der Waals surface area contributed by atoms with Crippen LogP contribution in [0.15, 0.2) is 47.4 Å². The third kappa shape index (κ3) is 3.53. The van der Waals surface area contributed by atoms with Crippen LogP contribution in [0.3, 0.4) is 0 Å². The number of halogens is 1. The number of sulfone groups is 1. The lowest BCUT2D eigenvalue weighted by atomic mass is 10.2. The van der Waals surface area contributed by atoms with Crippen molar-refractivity contribution in [1.82, 2.24) is 0 Å². The van der Waals surface area contributed by atoms with Crippen LogP contribution in [0.4, 0.5) is 0 Å². The maximum absolute atomic E-state index is 11.8. The van der Waals surface area contributed by atoms with Crippen molar-refractivity contribution in [1.29, 1.82) is 0 Å². The van der Waals surface area contributed by atoms with E-state index in [4.69, 9.17) is 21.4 Å². The van der Waals surface area contributed by atoms with Crippen LogP contribution in [0.5, 0.6) is 11.5 Å². The van der Waals surface area contributed by atoms with Gasteiger partial charge in [0, 0.05) is 6.26 Å². The average molecular weight is 327 g/mol. The fourth-order valence-corrected chi connectivity index (χ4v) is 2.82. The number of carbonyl (C=O) groups is 1. The molecule has 0 amide bonds. The number of para-hydroxylation sites is 1. The topological polar surface area (TPSA) is 80.7 Å². The van der Waals surface area contributed by atoms with Gasteiger partial charge in [-0.3, -0.25) is 0 Å². The third-order valence-electron chi connectivity index (χ3n) is 2.62. The summed E-state index contributed by atoms with van der Waals surface area (Å²) in [7, 11) is -3.70. The fraction of sp³-hybridized carbons (Fsp3) is 0.0714. The summed E-state index contributed by atoms with van der Waals surface area (Å²) in [5.41, 5.74) is -0.221. The van der Waals surface area contributed by atoms with E-state index in [1.807, 2.05) is 0 Å². The van der Waals surface area contributed by atoms with E-state index < -0.39 is 15.8 Å². The summed E-state index contributed by atoms with van der Waals surface area (Å²) >= 11 is 5.98. The third-order valence-corrected chi connectivity index (χ3v) is 4.00. The molecule has 0 atom stereocenters. The van der Waals surface area contributed by atoms with E-state index in [-0.39, 0.29) is 21.2 Å². The zero-order chi connectivity index (χ0) is 15.6. The molecule has 110 valence electrons. The number of hydrogen-bond acceptors (Lipinski definition) is 4. The first kappa shape index (κ1) is 15.3. The van der Waals surface area contributed by atoms with Gasteiger partial charge in [0.2, 0.25) is 0 Å². The smallest absolute Gasteiger partial charge is 0.335 e. The Morgan fingerprint density at radius 2 is 1.81 bits per heavy atom. The summed E-state index contributed by atoms with van der Waals surface area (Å²) in [6.45, 7) is 0. The SMILES string of the molecule is CS(=O)(=O)c1cc(C(=O)O)cc(Cl)c1Oc1ccccc1. The monoisotopic (exact) mass is 326 g/mol. The maximum atomic E-state index is 11.8. The largest absolute Gasteiger partial charge is 0.478 e. The highest BCUT2D eigenvalue weighted by Gasteiger charge is 2.22. The molecule has 0 saturated carbocycles. The highest BCUT2D eigenvalue weighted by Crippen LogP contribution is 2.36. The van der Waals surface area contributed by atoms with Crippen molar-refractivity contribution in [3.05, 3.63) is 53.1 Å². The Labute approximate surface area is 126 Å². The molecule has 0 saturated heterocycles. The standard InChI is InChI=1S/C14H11ClO5S/c1-21(18,19)12-8-9(14(16)17)7-11(15)13(12)20-10-5-3-2-4-6-10/h2-8H,1H3,(H,16,17). The zero-order valence-corrected chi connectivity index (χ0v) is 12.5. The number of benzene rings is 2. The van der Waals surface area contributed by atoms with Crippen LogP contribution >= 0.6 is 11.6 Å². The Kier molecular flexibility index (Phi) is 4.20. The normalized spacial score (nSPS) is 11.1. The van der Waals surface area contributed by atoms with Crippen molar-refractivity contribution in [2.75, 3.05) is 6.26 Å².